The number of alkyl halides is 1. The number of carbonyl (C=O) groups is 1. The Balaban J connectivity index is 2.68. The molecule has 16 heavy (non-hydrogen) atoms. The van der Waals surface area contributed by atoms with Gasteiger partial charge in [0.1, 0.15) is 11.4 Å². The lowest BCUT2D eigenvalue weighted by molar-refractivity contribution is 0.0693. The van der Waals surface area contributed by atoms with Crippen molar-refractivity contribution in [2.75, 3.05) is 0 Å². The summed E-state index contributed by atoms with van der Waals surface area (Å²) in [5.74, 6) is -0.606. The van der Waals surface area contributed by atoms with Crippen LogP contribution in [0.25, 0.3) is 0 Å². The molecule has 2 rings (SSSR count). The highest BCUT2D eigenvalue weighted by Crippen LogP contribution is 2.34. The average Bonchev–Trinajstić information content (AvgIpc) is 2.23. The summed E-state index contributed by atoms with van der Waals surface area (Å²) in [5.41, 5.74) is -0.730. The molecule has 0 saturated heterocycles. The molecule has 1 aromatic rings. The molecular formula is C10H11BrN2O3. The molecular weight excluding hydrogens is 276 g/mol. The van der Waals surface area contributed by atoms with Crippen molar-refractivity contribution in [3.8, 4) is 0 Å². The Bertz CT molecular complexity index is 497. The highest BCUT2D eigenvalue weighted by molar-refractivity contribution is 9.09. The Labute approximate surface area is 100 Å². The second-order valence-electron chi connectivity index (χ2n) is 3.90. The van der Waals surface area contributed by atoms with Crippen LogP contribution in [0.15, 0.2) is 11.0 Å². The number of aromatic nitrogens is 2. The molecule has 0 amide bonds. The summed E-state index contributed by atoms with van der Waals surface area (Å²) in [6.07, 6.45) is 2.89. The maximum absolute atomic E-state index is 11.9. The molecule has 0 bridgehead atoms. The number of carboxylic acid groups (broad SMARTS) is 1. The largest absolute Gasteiger partial charge is 0.477 e. The van der Waals surface area contributed by atoms with Gasteiger partial charge in [0.05, 0.1) is 4.83 Å². The number of hydrogen-bond acceptors (Lipinski definition) is 3. The van der Waals surface area contributed by atoms with Gasteiger partial charge >= 0.3 is 5.97 Å². The topological polar surface area (TPSA) is 72.2 Å². The minimum Gasteiger partial charge on any atom is -0.477 e. The van der Waals surface area contributed by atoms with Gasteiger partial charge in [0.15, 0.2) is 0 Å². The molecule has 1 aromatic heterocycles. The summed E-state index contributed by atoms with van der Waals surface area (Å²) in [5, 5.41) is 8.85. The van der Waals surface area contributed by atoms with Gasteiger partial charge < -0.3 is 5.11 Å². The van der Waals surface area contributed by atoms with Gasteiger partial charge in [-0.25, -0.2) is 9.78 Å². The van der Waals surface area contributed by atoms with E-state index in [1.54, 1.807) is 0 Å². The van der Waals surface area contributed by atoms with E-state index in [-0.39, 0.29) is 16.4 Å². The summed E-state index contributed by atoms with van der Waals surface area (Å²) in [6.45, 7) is 1.90. The average molecular weight is 287 g/mol. The third-order valence-corrected chi connectivity index (χ3v) is 3.68. The summed E-state index contributed by atoms with van der Waals surface area (Å²) in [4.78, 5) is 26.9. The molecule has 5 nitrogen and oxygen atoms in total. The molecule has 0 radical (unpaired) electrons. The number of aromatic carboxylic acids is 1. The van der Waals surface area contributed by atoms with E-state index in [1.807, 2.05) is 6.92 Å². The zero-order valence-electron chi connectivity index (χ0n) is 8.68. The quantitative estimate of drug-likeness (QED) is 0.798. The molecule has 1 aliphatic heterocycles. The second-order valence-corrected chi connectivity index (χ2v) is 5.01. The fourth-order valence-corrected chi connectivity index (χ4v) is 2.54. The first-order valence-electron chi connectivity index (χ1n) is 5.01. The number of fused-ring (bicyclic) bond motifs is 1. The SMILES string of the molecule is CC1CCC(Br)c2ncc(C(=O)O)c(=O)n21. The highest BCUT2D eigenvalue weighted by atomic mass is 79.9. The lowest BCUT2D eigenvalue weighted by atomic mass is 10.1. The fourth-order valence-electron chi connectivity index (χ4n) is 1.93. The molecule has 2 atom stereocenters. The Morgan fingerprint density at radius 2 is 2.31 bits per heavy atom. The lowest BCUT2D eigenvalue weighted by Crippen LogP contribution is -2.34. The van der Waals surface area contributed by atoms with Gasteiger partial charge in [-0.3, -0.25) is 9.36 Å². The first-order valence-corrected chi connectivity index (χ1v) is 5.92. The highest BCUT2D eigenvalue weighted by Gasteiger charge is 2.27. The predicted octanol–water partition coefficient (Wildman–Crippen LogP) is 1.73. The van der Waals surface area contributed by atoms with Crippen LogP contribution in [0.4, 0.5) is 0 Å². The van der Waals surface area contributed by atoms with E-state index in [0.717, 1.165) is 19.0 Å². The molecule has 6 heteroatoms. The maximum atomic E-state index is 11.9. The smallest absolute Gasteiger partial charge is 0.342 e. The van der Waals surface area contributed by atoms with Gasteiger partial charge in [-0.2, -0.15) is 0 Å². The molecule has 0 aromatic carbocycles. The third kappa shape index (κ3) is 1.67. The first kappa shape index (κ1) is 11.3. The summed E-state index contributed by atoms with van der Waals surface area (Å²) < 4.78 is 1.48. The summed E-state index contributed by atoms with van der Waals surface area (Å²) in [7, 11) is 0. The zero-order valence-corrected chi connectivity index (χ0v) is 10.3. The monoisotopic (exact) mass is 286 g/mol. The number of hydrogen-bond donors (Lipinski definition) is 1. The molecule has 0 fully saturated rings. The molecule has 0 spiro atoms. The van der Waals surface area contributed by atoms with Crippen molar-refractivity contribution in [2.24, 2.45) is 0 Å². The van der Waals surface area contributed by atoms with Gasteiger partial charge in [0, 0.05) is 12.2 Å². The van der Waals surface area contributed by atoms with Gasteiger partial charge in [-0.1, -0.05) is 15.9 Å². The zero-order chi connectivity index (χ0) is 11.9. The van der Waals surface area contributed by atoms with Crippen LogP contribution < -0.4 is 5.56 Å². The normalized spacial score (nSPS) is 23.9. The maximum Gasteiger partial charge on any atom is 0.342 e. The Kier molecular flexibility index (Phi) is 2.84. The van der Waals surface area contributed by atoms with Crippen LogP contribution in [0.3, 0.4) is 0 Å². The van der Waals surface area contributed by atoms with Crippen molar-refractivity contribution in [1.29, 1.82) is 0 Å². The van der Waals surface area contributed by atoms with Gasteiger partial charge in [0.25, 0.3) is 5.56 Å². The van der Waals surface area contributed by atoms with Crippen LogP contribution >= 0.6 is 15.9 Å². The molecule has 1 aliphatic rings. The van der Waals surface area contributed by atoms with Crippen LogP contribution in [0.5, 0.6) is 0 Å². The Morgan fingerprint density at radius 3 is 2.94 bits per heavy atom. The minimum absolute atomic E-state index is 0.00287. The van der Waals surface area contributed by atoms with Gasteiger partial charge in [0.2, 0.25) is 0 Å². The van der Waals surface area contributed by atoms with Crippen molar-refractivity contribution in [2.45, 2.75) is 30.6 Å². The van der Waals surface area contributed by atoms with Crippen molar-refractivity contribution in [3.05, 3.63) is 27.9 Å². The minimum atomic E-state index is -1.23. The number of rotatable bonds is 1. The van der Waals surface area contributed by atoms with E-state index in [2.05, 4.69) is 20.9 Å². The third-order valence-electron chi connectivity index (χ3n) is 2.81. The van der Waals surface area contributed by atoms with Crippen molar-refractivity contribution in [1.82, 2.24) is 9.55 Å². The lowest BCUT2D eigenvalue weighted by Gasteiger charge is -2.27. The van der Waals surface area contributed by atoms with E-state index in [4.69, 9.17) is 5.11 Å². The molecule has 0 saturated carbocycles. The van der Waals surface area contributed by atoms with Crippen LogP contribution in [-0.2, 0) is 0 Å². The van der Waals surface area contributed by atoms with E-state index >= 15 is 0 Å². The van der Waals surface area contributed by atoms with Crippen molar-refractivity contribution in [3.63, 3.8) is 0 Å². The molecule has 1 N–H and O–H groups in total. The molecule has 2 unspecified atom stereocenters. The van der Waals surface area contributed by atoms with Crippen molar-refractivity contribution >= 4 is 21.9 Å². The second kappa shape index (κ2) is 4.01. The van der Waals surface area contributed by atoms with E-state index in [9.17, 15) is 9.59 Å². The fraction of sp³-hybridized carbons (Fsp3) is 0.500. The standard InChI is InChI=1S/C10H11BrN2O3/c1-5-2-3-7(11)8-12-4-6(10(15)16)9(14)13(5)8/h4-5,7H,2-3H2,1H3,(H,15,16). The van der Waals surface area contributed by atoms with E-state index in [0.29, 0.717) is 5.82 Å². The van der Waals surface area contributed by atoms with Crippen LogP contribution in [0.1, 0.15) is 46.8 Å². The van der Waals surface area contributed by atoms with Gasteiger partial charge in [-0.05, 0) is 19.8 Å². The molecule has 2 heterocycles. The number of halogens is 1. The van der Waals surface area contributed by atoms with Gasteiger partial charge in [-0.15, -0.1) is 0 Å². The van der Waals surface area contributed by atoms with Crippen molar-refractivity contribution < 1.29 is 9.90 Å². The van der Waals surface area contributed by atoms with Crippen LogP contribution in [-0.4, -0.2) is 20.6 Å². The van der Waals surface area contributed by atoms with E-state index < -0.39 is 11.5 Å². The summed E-state index contributed by atoms with van der Waals surface area (Å²) in [6, 6.07) is 0.00287. The number of carboxylic acids is 1. The Hall–Kier alpha value is -1.17. The molecule has 0 aliphatic carbocycles. The summed E-state index contributed by atoms with van der Waals surface area (Å²) >= 11 is 3.44. The predicted molar refractivity (Wildman–Crippen MR) is 61.1 cm³/mol. The van der Waals surface area contributed by atoms with Crippen LogP contribution in [0, 0.1) is 0 Å². The molecule has 86 valence electrons. The van der Waals surface area contributed by atoms with E-state index in [1.165, 1.54) is 4.57 Å². The van der Waals surface area contributed by atoms with Crippen LogP contribution in [0.2, 0.25) is 0 Å². The Morgan fingerprint density at radius 1 is 1.62 bits per heavy atom. The number of nitrogens with zero attached hydrogens (tertiary/aromatic N) is 2. The first-order chi connectivity index (χ1) is 7.52.